The number of furan rings is 1. The molecule has 0 radical (unpaired) electrons. The number of benzene rings is 9. The van der Waals surface area contributed by atoms with Gasteiger partial charge in [-0.15, -0.1) is 0 Å². The summed E-state index contributed by atoms with van der Waals surface area (Å²) in [6.45, 7) is 2.37. The molecule has 1 aliphatic carbocycles. The predicted molar refractivity (Wildman–Crippen MR) is 234 cm³/mol. The zero-order valence-corrected chi connectivity index (χ0v) is 31.0. The molecular formula is C54H37NO. The van der Waals surface area contributed by atoms with Gasteiger partial charge in [0, 0.05) is 22.2 Å². The first-order valence-corrected chi connectivity index (χ1v) is 19.3. The Morgan fingerprint density at radius 3 is 1.68 bits per heavy atom. The van der Waals surface area contributed by atoms with Crippen molar-refractivity contribution in [2.75, 3.05) is 4.90 Å². The average molecular weight is 716 g/mol. The maximum Gasteiger partial charge on any atom is 0.137 e. The first-order chi connectivity index (χ1) is 27.6. The molecule has 0 spiro atoms. The van der Waals surface area contributed by atoms with Crippen molar-refractivity contribution >= 4 is 49.8 Å². The minimum Gasteiger partial charge on any atom is -0.456 e. The maximum absolute atomic E-state index is 6.67. The van der Waals surface area contributed by atoms with Gasteiger partial charge in [-0.05, 0) is 122 Å². The lowest BCUT2D eigenvalue weighted by atomic mass is 9.74. The van der Waals surface area contributed by atoms with E-state index in [1.165, 1.54) is 60.8 Å². The van der Waals surface area contributed by atoms with Crippen LogP contribution in [0, 0.1) is 0 Å². The van der Waals surface area contributed by atoms with Gasteiger partial charge in [0.05, 0.1) is 11.1 Å². The van der Waals surface area contributed by atoms with Crippen molar-refractivity contribution in [3.8, 4) is 33.4 Å². The molecule has 0 bridgehead atoms. The summed E-state index contributed by atoms with van der Waals surface area (Å²) in [4.78, 5) is 2.38. The number of hydrogen-bond donors (Lipinski definition) is 0. The highest BCUT2D eigenvalue weighted by Crippen LogP contribution is 2.53. The molecule has 264 valence electrons. The van der Waals surface area contributed by atoms with Crippen LogP contribution in [0.3, 0.4) is 0 Å². The second kappa shape index (κ2) is 12.7. The van der Waals surface area contributed by atoms with Crippen molar-refractivity contribution in [3.05, 3.63) is 223 Å². The Bertz CT molecular complexity index is 3040. The minimum atomic E-state index is -0.314. The van der Waals surface area contributed by atoms with E-state index in [2.05, 4.69) is 218 Å². The van der Waals surface area contributed by atoms with Crippen LogP contribution in [0.15, 0.2) is 211 Å². The Kier molecular flexibility index (Phi) is 7.33. The zero-order chi connectivity index (χ0) is 37.2. The first kappa shape index (κ1) is 32.3. The molecule has 1 aliphatic rings. The molecule has 9 aromatic carbocycles. The van der Waals surface area contributed by atoms with Crippen molar-refractivity contribution in [1.29, 1.82) is 0 Å². The van der Waals surface area contributed by atoms with Gasteiger partial charge in [0.25, 0.3) is 0 Å². The van der Waals surface area contributed by atoms with E-state index in [4.69, 9.17) is 4.42 Å². The molecule has 10 aromatic rings. The van der Waals surface area contributed by atoms with E-state index in [0.717, 1.165) is 39.0 Å². The summed E-state index contributed by atoms with van der Waals surface area (Å²) < 4.78 is 6.67. The van der Waals surface area contributed by atoms with Crippen LogP contribution in [0.25, 0.3) is 66.1 Å². The van der Waals surface area contributed by atoms with Crippen molar-refractivity contribution < 1.29 is 4.42 Å². The Hall–Kier alpha value is -7.16. The smallest absolute Gasteiger partial charge is 0.137 e. The zero-order valence-electron chi connectivity index (χ0n) is 31.0. The van der Waals surface area contributed by atoms with Gasteiger partial charge in [-0.2, -0.15) is 0 Å². The summed E-state index contributed by atoms with van der Waals surface area (Å²) in [5, 5.41) is 4.69. The third kappa shape index (κ3) is 5.03. The van der Waals surface area contributed by atoms with Crippen molar-refractivity contribution in [3.63, 3.8) is 0 Å². The third-order valence-electron chi connectivity index (χ3n) is 12.0. The van der Waals surface area contributed by atoms with Crippen LogP contribution in [0.2, 0.25) is 0 Å². The van der Waals surface area contributed by atoms with Gasteiger partial charge in [0.1, 0.15) is 11.2 Å². The molecule has 11 rings (SSSR count). The fourth-order valence-corrected chi connectivity index (χ4v) is 9.10. The molecule has 0 saturated carbocycles. The molecule has 0 saturated heterocycles. The standard InChI is InChI=1S/C54H37NO/c1-54(48-18-9-7-16-45(48)46-17-8-10-19-49(46)54)42-28-33-51-47(35-42)53-50(20-11-21-52(53)56-51)55(43-29-24-38(25-30-43)36-12-3-2-4-13-36)44-31-26-39(27-32-44)41-23-22-37-14-5-6-15-40(37)34-41/h2-35H,1H3. The largest absolute Gasteiger partial charge is 0.456 e. The van der Waals surface area contributed by atoms with Crippen LogP contribution in [0.5, 0.6) is 0 Å². The molecule has 0 unspecified atom stereocenters. The van der Waals surface area contributed by atoms with Gasteiger partial charge in [-0.25, -0.2) is 0 Å². The van der Waals surface area contributed by atoms with Gasteiger partial charge in [-0.3, -0.25) is 0 Å². The van der Waals surface area contributed by atoms with Crippen molar-refractivity contribution in [2.24, 2.45) is 0 Å². The normalized spacial score (nSPS) is 12.9. The van der Waals surface area contributed by atoms with E-state index in [0.29, 0.717) is 0 Å². The van der Waals surface area contributed by atoms with E-state index in [1.807, 2.05) is 0 Å². The molecule has 0 fully saturated rings. The van der Waals surface area contributed by atoms with Crippen LogP contribution in [0.4, 0.5) is 17.1 Å². The van der Waals surface area contributed by atoms with E-state index in [-0.39, 0.29) is 5.41 Å². The lowest BCUT2D eigenvalue weighted by molar-refractivity contribution is 0.667. The second-order valence-electron chi connectivity index (χ2n) is 15.0. The summed E-state index contributed by atoms with van der Waals surface area (Å²) in [6.07, 6.45) is 0. The molecule has 0 N–H and O–H groups in total. The highest BCUT2D eigenvalue weighted by atomic mass is 16.3. The fourth-order valence-electron chi connectivity index (χ4n) is 9.10. The topological polar surface area (TPSA) is 16.4 Å². The van der Waals surface area contributed by atoms with Gasteiger partial charge in [0.2, 0.25) is 0 Å². The highest BCUT2D eigenvalue weighted by molar-refractivity contribution is 6.13. The molecule has 0 amide bonds. The van der Waals surface area contributed by atoms with Gasteiger partial charge in [0.15, 0.2) is 0 Å². The first-order valence-electron chi connectivity index (χ1n) is 19.3. The van der Waals surface area contributed by atoms with Crippen LogP contribution in [-0.2, 0) is 5.41 Å². The average Bonchev–Trinajstić information content (AvgIpc) is 3.78. The molecule has 2 heteroatoms. The third-order valence-corrected chi connectivity index (χ3v) is 12.0. The van der Waals surface area contributed by atoms with E-state index in [1.54, 1.807) is 0 Å². The highest BCUT2D eigenvalue weighted by Gasteiger charge is 2.40. The quantitative estimate of drug-likeness (QED) is 0.170. The van der Waals surface area contributed by atoms with Crippen molar-refractivity contribution in [1.82, 2.24) is 0 Å². The molecule has 1 aromatic heterocycles. The molecule has 2 nitrogen and oxygen atoms in total. The molecule has 0 aliphatic heterocycles. The van der Waals surface area contributed by atoms with Gasteiger partial charge in [-0.1, -0.05) is 152 Å². The van der Waals surface area contributed by atoms with E-state index >= 15 is 0 Å². The van der Waals surface area contributed by atoms with Crippen LogP contribution in [-0.4, -0.2) is 0 Å². The second-order valence-corrected chi connectivity index (χ2v) is 15.0. The summed E-state index contributed by atoms with van der Waals surface area (Å²) in [5.41, 5.74) is 15.9. The summed E-state index contributed by atoms with van der Waals surface area (Å²) in [5.74, 6) is 0. The molecular weight excluding hydrogens is 679 g/mol. The Morgan fingerprint density at radius 1 is 0.411 bits per heavy atom. The van der Waals surface area contributed by atoms with Gasteiger partial charge < -0.3 is 9.32 Å². The SMILES string of the molecule is CC1(c2ccc3oc4cccc(N(c5ccc(-c6ccccc6)cc5)c5ccc(-c6ccc7ccccc7c6)cc5)c4c3c2)c2ccccc2-c2ccccc21. The van der Waals surface area contributed by atoms with Crippen LogP contribution < -0.4 is 4.90 Å². The molecule has 56 heavy (non-hydrogen) atoms. The number of anilines is 3. The monoisotopic (exact) mass is 715 g/mol. The number of nitrogens with zero attached hydrogens (tertiary/aromatic N) is 1. The summed E-state index contributed by atoms with van der Waals surface area (Å²) in [7, 11) is 0. The Labute approximate surface area is 326 Å². The number of rotatable bonds is 6. The maximum atomic E-state index is 6.67. The molecule has 0 atom stereocenters. The summed E-state index contributed by atoms with van der Waals surface area (Å²) in [6, 6.07) is 74.7. The van der Waals surface area contributed by atoms with Crippen molar-refractivity contribution in [2.45, 2.75) is 12.3 Å². The number of hydrogen-bond acceptors (Lipinski definition) is 2. The van der Waals surface area contributed by atoms with E-state index in [9.17, 15) is 0 Å². The fraction of sp³-hybridized carbons (Fsp3) is 0.0370. The minimum absolute atomic E-state index is 0.314. The Morgan fingerprint density at radius 2 is 0.982 bits per heavy atom. The van der Waals surface area contributed by atoms with Gasteiger partial charge >= 0.3 is 0 Å². The summed E-state index contributed by atoms with van der Waals surface area (Å²) >= 11 is 0. The lowest BCUT2D eigenvalue weighted by Crippen LogP contribution is -2.22. The van der Waals surface area contributed by atoms with Crippen LogP contribution in [0.1, 0.15) is 23.6 Å². The lowest BCUT2D eigenvalue weighted by Gasteiger charge is -2.28. The van der Waals surface area contributed by atoms with E-state index < -0.39 is 0 Å². The number of fused-ring (bicyclic) bond motifs is 7. The predicted octanol–water partition coefficient (Wildman–Crippen LogP) is 14.9. The Balaban J connectivity index is 1.09. The molecule has 1 heterocycles. The van der Waals surface area contributed by atoms with Crippen LogP contribution >= 0.6 is 0 Å².